The van der Waals surface area contributed by atoms with E-state index in [0.29, 0.717) is 5.56 Å². The van der Waals surface area contributed by atoms with Crippen LogP contribution in [0.25, 0.3) is 0 Å². The molecule has 0 radical (unpaired) electrons. The molecule has 0 heterocycles. The van der Waals surface area contributed by atoms with Gasteiger partial charge in [0.25, 0.3) is 5.91 Å². The van der Waals surface area contributed by atoms with Crippen LogP contribution >= 0.6 is 0 Å². The molecule has 0 saturated carbocycles. The van der Waals surface area contributed by atoms with E-state index in [4.69, 9.17) is 0 Å². The summed E-state index contributed by atoms with van der Waals surface area (Å²) >= 11 is 0. The summed E-state index contributed by atoms with van der Waals surface area (Å²) in [5, 5.41) is 14.3. The van der Waals surface area contributed by atoms with Crippen LogP contribution in [-0.4, -0.2) is 18.1 Å². The molecule has 0 fully saturated rings. The molecule has 0 bridgehead atoms. The highest BCUT2D eigenvalue weighted by Gasteiger charge is 2.04. The van der Waals surface area contributed by atoms with Gasteiger partial charge in [0.15, 0.2) is 0 Å². The zero-order valence-corrected chi connectivity index (χ0v) is 10.7. The smallest absolute Gasteiger partial charge is 0.271 e. The highest BCUT2D eigenvalue weighted by molar-refractivity contribution is 5.95. The standard InChI is InChI=1S/C15H11FN2O3/c16-13-3-1-2-12(8-13)14(19)18-17-9-10-4-6-11(7-5-10)15(20)21/h1-9H,(H,18,19)(H,20,21)/p-1/b17-9-. The van der Waals surface area contributed by atoms with Crippen LogP contribution in [0.5, 0.6) is 0 Å². The highest BCUT2D eigenvalue weighted by Crippen LogP contribution is 2.03. The van der Waals surface area contributed by atoms with E-state index in [1.54, 1.807) is 0 Å². The van der Waals surface area contributed by atoms with Crippen molar-refractivity contribution in [1.29, 1.82) is 0 Å². The van der Waals surface area contributed by atoms with Crippen molar-refractivity contribution in [2.45, 2.75) is 0 Å². The zero-order chi connectivity index (χ0) is 15.2. The van der Waals surface area contributed by atoms with Gasteiger partial charge in [0, 0.05) is 5.56 Å². The highest BCUT2D eigenvalue weighted by atomic mass is 19.1. The molecule has 106 valence electrons. The number of hydrogen-bond donors (Lipinski definition) is 1. The van der Waals surface area contributed by atoms with Crippen LogP contribution in [0.4, 0.5) is 4.39 Å². The molecular weight excluding hydrogens is 275 g/mol. The molecule has 2 aromatic carbocycles. The number of nitrogens with one attached hydrogen (secondary N) is 1. The molecule has 0 unspecified atom stereocenters. The van der Waals surface area contributed by atoms with Crippen LogP contribution in [0.3, 0.4) is 0 Å². The van der Waals surface area contributed by atoms with E-state index in [-0.39, 0.29) is 11.1 Å². The molecule has 2 rings (SSSR count). The van der Waals surface area contributed by atoms with Gasteiger partial charge in [-0.15, -0.1) is 0 Å². The lowest BCUT2D eigenvalue weighted by molar-refractivity contribution is -0.255. The normalized spacial score (nSPS) is 10.5. The maximum atomic E-state index is 12.9. The second-order valence-corrected chi connectivity index (χ2v) is 4.12. The van der Waals surface area contributed by atoms with Crippen molar-refractivity contribution in [3.8, 4) is 0 Å². The number of carbonyl (C=O) groups excluding carboxylic acids is 2. The fraction of sp³-hybridized carbons (Fsp3) is 0. The van der Waals surface area contributed by atoms with Crippen molar-refractivity contribution < 1.29 is 19.1 Å². The maximum absolute atomic E-state index is 12.9. The summed E-state index contributed by atoms with van der Waals surface area (Å²) in [5.41, 5.74) is 3.05. The summed E-state index contributed by atoms with van der Waals surface area (Å²) in [6.45, 7) is 0. The Morgan fingerprint density at radius 1 is 1.10 bits per heavy atom. The van der Waals surface area contributed by atoms with Gasteiger partial charge in [0.1, 0.15) is 5.82 Å². The van der Waals surface area contributed by atoms with Crippen LogP contribution in [0.1, 0.15) is 26.3 Å². The number of carbonyl (C=O) groups is 2. The summed E-state index contributed by atoms with van der Waals surface area (Å²) in [5.74, 6) is -2.32. The predicted octanol–water partition coefficient (Wildman–Crippen LogP) is 0.953. The topological polar surface area (TPSA) is 81.6 Å². The second kappa shape index (κ2) is 6.42. The first-order valence-corrected chi connectivity index (χ1v) is 5.96. The molecule has 0 aliphatic carbocycles. The van der Waals surface area contributed by atoms with E-state index in [0.717, 1.165) is 6.07 Å². The fourth-order valence-corrected chi connectivity index (χ4v) is 1.56. The van der Waals surface area contributed by atoms with Gasteiger partial charge in [-0.2, -0.15) is 5.10 Å². The van der Waals surface area contributed by atoms with Crippen molar-refractivity contribution >= 4 is 18.1 Å². The lowest BCUT2D eigenvalue weighted by atomic mass is 10.1. The van der Waals surface area contributed by atoms with Crippen LogP contribution in [-0.2, 0) is 0 Å². The van der Waals surface area contributed by atoms with Gasteiger partial charge in [0.2, 0.25) is 0 Å². The number of amides is 1. The third-order valence-electron chi connectivity index (χ3n) is 2.61. The Labute approximate surface area is 119 Å². The van der Waals surface area contributed by atoms with Crippen molar-refractivity contribution in [1.82, 2.24) is 5.43 Å². The zero-order valence-electron chi connectivity index (χ0n) is 10.7. The van der Waals surface area contributed by atoms with E-state index in [1.807, 2.05) is 0 Å². The minimum absolute atomic E-state index is 0.0518. The first-order chi connectivity index (χ1) is 10.1. The number of nitrogens with zero attached hydrogens (tertiary/aromatic N) is 1. The number of hydrazone groups is 1. The number of benzene rings is 2. The number of halogens is 1. The number of carboxylic acids is 1. The number of aromatic carboxylic acids is 1. The van der Waals surface area contributed by atoms with Crippen molar-refractivity contribution in [3.05, 3.63) is 71.0 Å². The summed E-state index contributed by atoms with van der Waals surface area (Å²) in [6, 6.07) is 11.0. The minimum Gasteiger partial charge on any atom is -0.545 e. The van der Waals surface area contributed by atoms with E-state index in [2.05, 4.69) is 10.5 Å². The van der Waals surface area contributed by atoms with Crippen LogP contribution in [0.2, 0.25) is 0 Å². The largest absolute Gasteiger partial charge is 0.545 e. The van der Waals surface area contributed by atoms with Crippen molar-refractivity contribution in [2.75, 3.05) is 0 Å². The van der Waals surface area contributed by atoms with Crippen molar-refractivity contribution in [3.63, 3.8) is 0 Å². The quantitative estimate of drug-likeness (QED) is 0.671. The first-order valence-electron chi connectivity index (χ1n) is 5.96. The summed E-state index contributed by atoms with van der Waals surface area (Å²) in [7, 11) is 0. The van der Waals surface area contributed by atoms with Gasteiger partial charge in [-0.3, -0.25) is 4.79 Å². The van der Waals surface area contributed by atoms with E-state index in [1.165, 1.54) is 48.7 Å². The maximum Gasteiger partial charge on any atom is 0.271 e. The van der Waals surface area contributed by atoms with Gasteiger partial charge in [0.05, 0.1) is 12.2 Å². The van der Waals surface area contributed by atoms with Gasteiger partial charge < -0.3 is 9.90 Å². The van der Waals surface area contributed by atoms with E-state index >= 15 is 0 Å². The Hall–Kier alpha value is -3.02. The average Bonchev–Trinajstić information content (AvgIpc) is 2.47. The molecule has 1 N–H and O–H groups in total. The van der Waals surface area contributed by atoms with Gasteiger partial charge in [-0.05, 0) is 29.3 Å². The monoisotopic (exact) mass is 285 g/mol. The molecule has 0 atom stereocenters. The number of hydrogen-bond acceptors (Lipinski definition) is 4. The van der Waals surface area contributed by atoms with Gasteiger partial charge in [-0.25, -0.2) is 9.82 Å². The molecule has 0 spiro atoms. The number of carboxylic acid groups (broad SMARTS) is 1. The molecular formula is C15H10FN2O3-. The lowest BCUT2D eigenvalue weighted by Gasteiger charge is -2.02. The van der Waals surface area contributed by atoms with Gasteiger partial charge in [-0.1, -0.05) is 30.3 Å². The first kappa shape index (κ1) is 14.4. The molecule has 0 aromatic heterocycles. The minimum atomic E-state index is -1.27. The Balaban J connectivity index is 1.99. The van der Waals surface area contributed by atoms with E-state index < -0.39 is 17.7 Å². The van der Waals surface area contributed by atoms with Crippen LogP contribution in [0, 0.1) is 5.82 Å². The van der Waals surface area contributed by atoms with Gasteiger partial charge >= 0.3 is 0 Å². The molecule has 1 amide bonds. The molecule has 5 nitrogen and oxygen atoms in total. The van der Waals surface area contributed by atoms with Crippen LogP contribution in [0.15, 0.2) is 53.6 Å². The van der Waals surface area contributed by atoms with E-state index in [9.17, 15) is 19.1 Å². The third kappa shape index (κ3) is 3.97. The predicted molar refractivity (Wildman–Crippen MR) is 72.2 cm³/mol. The van der Waals surface area contributed by atoms with Crippen molar-refractivity contribution in [2.24, 2.45) is 5.10 Å². The molecule has 21 heavy (non-hydrogen) atoms. The molecule has 0 saturated heterocycles. The SMILES string of the molecule is O=C([O-])c1ccc(/C=N\NC(=O)c2cccc(F)c2)cc1. The molecule has 0 aliphatic heterocycles. The molecule has 6 heteroatoms. The number of rotatable bonds is 4. The lowest BCUT2D eigenvalue weighted by Crippen LogP contribution is -2.22. The molecule has 2 aromatic rings. The summed E-state index contributed by atoms with van der Waals surface area (Å²) < 4.78 is 12.9. The Morgan fingerprint density at radius 3 is 2.43 bits per heavy atom. The van der Waals surface area contributed by atoms with Crippen LogP contribution < -0.4 is 10.5 Å². The third-order valence-corrected chi connectivity index (χ3v) is 2.61. The fourth-order valence-electron chi connectivity index (χ4n) is 1.56. The average molecular weight is 285 g/mol. The second-order valence-electron chi connectivity index (χ2n) is 4.12. The molecule has 0 aliphatic rings. The Bertz CT molecular complexity index is 696. The summed E-state index contributed by atoms with van der Waals surface area (Å²) in [6.07, 6.45) is 1.34. The Kier molecular flexibility index (Phi) is 4.40. The summed E-state index contributed by atoms with van der Waals surface area (Å²) in [4.78, 5) is 22.2. The Morgan fingerprint density at radius 2 is 1.81 bits per heavy atom.